The Balaban J connectivity index is 2.47. The molecule has 4 nitrogen and oxygen atoms in total. The lowest BCUT2D eigenvalue weighted by Gasteiger charge is -2.33. The summed E-state index contributed by atoms with van der Waals surface area (Å²) in [5, 5.41) is 0. The number of Topliss-reactive ketones (excluding diaryl/α,β-unsaturated/α-hetero) is 1. The number of carbonyl (C=O) groups is 1. The van der Waals surface area contributed by atoms with Crippen molar-refractivity contribution in [2.75, 3.05) is 12.4 Å². The van der Waals surface area contributed by atoms with Gasteiger partial charge in [0.2, 0.25) is 0 Å². The Bertz CT molecular complexity index is 754. The first-order valence-corrected chi connectivity index (χ1v) is 12.8. The summed E-state index contributed by atoms with van der Waals surface area (Å²) in [5.74, 6) is 1.25. The standard InChI is InChI=1S/C21H31O4PS/c1-6-8-13-27-26(23,24-7-2)25-19-15-21(4,5)14-18(22)20(19)17-12-10-9-11-16(17)3/h9-12H,6-8,13-15H2,1-5H3. The van der Waals surface area contributed by atoms with Crippen LogP contribution in [0.5, 0.6) is 0 Å². The van der Waals surface area contributed by atoms with Crippen LogP contribution in [0.25, 0.3) is 5.57 Å². The maximum atomic E-state index is 13.3. The number of aryl methyl sites for hydroxylation is 1. The summed E-state index contributed by atoms with van der Waals surface area (Å²) in [4.78, 5) is 13.0. The molecule has 6 heteroatoms. The van der Waals surface area contributed by atoms with Gasteiger partial charge >= 0.3 is 6.80 Å². The Morgan fingerprint density at radius 3 is 2.52 bits per heavy atom. The van der Waals surface area contributed by atoms with Crippen molar-refractivity contribution in [3.8, 4) is 0 Å². The van der Waals surface area contributed by atoms with E-state index in [1.807, 2.05) is 52.0 Å². The van der Waals surface area contributed by atoms with E-state index in [2.05, 4.69) is 6.92 Å². The third-order valence-electron chi connectivity index (χ3n) is 4.51. The Morgan fingerprint density at radius 1 is 1.19 bits per heavy atom. The Morgan fingerprint density at radius 2 is 1.89 bits per heavy atom. The second kappa shape index (κ2) is 9.45. The van der Waals surface area contributed by atoms with Crippen molar-refractivity contribution in [3.63, 3.8) is 0 Å². The van der Waals surface area contributed by atoms with Crippen molar-refractivity contribution in [3.05, 3.63) is 41.2 Å². The van der Waals surface area contributed by atoms with E-state index in [4.69, 9.17) is 9.05 Å². The van der Waals surface area contributed by atoms with Gasteiger partial charge in [-0.2, -0.15) is 0 Å². The van der Waals surface area contributed by atoms with E-state index in [1.54, 1.807) is 0 Å². The predicted molar refractivity (Wildman–Crippen MR) is 114 cm³/mol. The van der Waals surface area contributed by atoms with Crippen LogP contribution in [0, 0.1) is 12.3 Å². The molecule has 27 heavy (non-hydrogen) atoms. The summed E-state index contributed by atoms with van der Waals surface area (Å²) in [6.07, 6.45) is 2.97. The molecule has 0 fully saturated rings. The molecule has 1 aliphatic carbocycles. The quantitative estimate of drug-likeness (QED) is 0.331. The SMILES string of the molecule is CCCCSP(=O)(OCC)OC1=C(c2ccccc2C)C(=O)CC(C)(C)C1. The Kier molecular flexibility index (Phi) is 7.79. The predicted octanol–water partition coefficient (Wildman–Crippen LogP) is 6.79. The molecule has 150 valence electrons. The average Bonchev–Trinajstić information content (AvgIpc) is 2.55. The monoisotopic (exact) mass is 410 g/mol. The zero-order valence-electron chi connectivity index (χ0n) is 17.0. The first kappa shape index (κ1) is 22.3. The molecule has 0 amide bonds. The summed E-state index contributed by atoms with van der Waals surface area (Å²) in [6.45, 7) is 6.90. The molecule has 0 bridgehead atoms. The Hall–Kier alpha value is -1.03. The average molecular weight is 411 g/mol. The van der Waals surface area contributed by atoms with E-state index in [1.165, 1.54) is 11.4 Å². The van der Waals surface area contributed by atoms with E-state index >= 15 is 0 Å². The van der Waals surface area contributed by atoms with Gasteiger partial charge in [-0.25, -0.2) is 4.57 Å². The summed E-state index contributed by atoms with van der Waals surface area (Å²) in [7, 11) is 0. The molecule has 1 unspecified atom stereocenters. The lowest BCUT2D eigenvalue weighted by Crippen LogP contribution is -2.26. The minimum Gasteiger partial charge on any atom is -0.421 e. The van der Waals surface area contributed by atoms with Gasteiger partial charge in [-0.05, 0) is 48.2 Å². The van der Waals surface area contributed by atoms with Crippen molar-refractivity contribution in [1.29, 1.82) is 0 Å². The van der Waals surface area contributed by atoms with Crippen LogP contribution in [0.4, 0.5) is 0 Å². The number of allylic oxidation sites excluding steroid dienone is 2. The highest BCUT2D eigenvalue weighted by Crippen LogP contribution is 2.64. The van der Waals surface area contributed by atoms with Crippen LogP contribution in [0.3, 0.4) is 0 Å². The second-order valence-electron chi connectivity index (χ2n) is 7.70. The van der Waals surface area contributed by atoms with Gasteiger partial charge in [0, 0.05) is 18.6 Å². The van der Waals surface area contributed by atoms with Gasteiger partial charge < -0.3 is 4.52 Å². The van der Waals surface area contributed by atoms with Crippen molar-refractivity contribution in [2.45, 2.75) is 60.3 Å². The van der Waals surface area contributed by atoms with E-state index in [-0.39, 0.29) is 11.2 Å². The highest BCUT2D eigenvalue weighted by atomic mass is 32.7. The maximum absolute atomic E-state index is 13.3. The molecule has 1 aromatic rings. The van der Waals surface area contributed by atoms with Crippen LogP contribution in [-0.4, -0.2) is 18.1 Å². The van der Waals surface area contributed by atoms with Crippen LogP contribution in [-0.2, 0) is 18.4 Å². The van der Waals surface area contributed by atoms with Crippen molar-refractivity contribution in [2.24, 2.45) is 5.41 Å². The maximum Gasteiger partial charge on any atom is 0.439 e. The molecule has 0 saturated carbocycles. The molecule has 1 atom stereocenters. The summed E-state index contributed by atoms with van der Waals surface area (Å²) in [6, 6.07) is 7.77. The van der Waals surface area contributed by atoms with Crippen LogP contribution < -0.4 is 0 Å². The van der Waals surface area contributed by atoms with Gasteiger partial charge in [-0.1, -0.05) is 51.5 Å². The molecular formula is C21H31O4PS. The Labute approximate surface area is 167 Å². The number of ketones is 1. The van der Waals surface area contributed by atoms with Crippen LogP contribution >= 0.6 is 18.2 Å². The van der Waals surface area contributed by atoms with Gasteiger partial charge in [0.05, 0.1) is 12.2 Å². The van der Waals surface area contributed by atoms with Crippen molar-refractivity contribution < 1.29 is 18.4 Å². The summed E-state index contributed by atoms with van der Waals surface area (Å²) >= 11 is 1.24. The molecule has 2 rings (SSSR count). The molecule has 0 aromatic heterocycles. The number of hydrogen-bond donors (Lipinski definition) is 0. The van der Waals surface area contributed by atoms with Gasteiger partial charge in [-0.15, -0.1) is 0 Å². The van der Waals surface area contributed by atoms with Gasteiger partial charge in [-0.3, -0.25) is 9.32 Å². The molecule has 1 aromatic carbocycles. The van der Waals surface area contributed by atoms with E-state index < -0.39 is 6.80 Å². The fraction of sp³-hybridized carbons (Fsp3) is 0.571. The minimum atomic E-state index is -3.37. The molecule has 0 radical (unpaired) electrons. The normalized spacial score (nSPS) is 19.1. The van der Waals surface area contributed by atoms with E-state index in [0.29, 0.717) is 36.5 Å². The number of hydrogen-bond acceptors (Lipinski definition) is 5. The van der Waals surface area contributed by atoms with Crippen LogP contribution in [0.2, 0.25) is 0 Å². The minimum absolute atomic E-state index is 0.0390. The van der Waals surface area contributed by atoms with Crippen molar-refractivity contribution in [1.82, 2.24) is 0 Å². The van der Waals surface area contributed by atoms with Crippen LogP contribution in [0.1, 0.15) is 64.5 Å². The molecular weight excluding hydrogens is 379 g/mol. The van der Waals surface area contributed by atoms with Crippen molar-refractivity contribution >= 4 is 29.5 Å². The fourth-order valence-electron chi connectivity index (χ4n) is 3.20. The number of carbonyl (C=O) groups excluding carboxylic acids is 1. The summed E-state index contributed by atoms with van der Waals surface area (Å²) < 4.78 is 24.9. The van der Waals surface area contributed by atoms with Gasteiger partial charge in [0.1, 0.15) is 5.76 Å². The lowest BCUT2D eigenvalue weighted by atomic mass is 9.75. The molecule has 0 heterocycles. The molecule has 0 spiro atoms. The lowest BCUT2D eigenvalue weighted by molar-refractivity contribution is -0.116. The van der Waals surface area contributed by atoms with Gasteiger partial charge in [0.15, 0.2) is 5.78 Å². The largest absolute Gasteiger partial charge is 0.439 e. The molecule has 1 aliphatic rings. The highest BCUT2D eigenvalue weighted by Gasteiger charge is 2.39. The topological polar surface area (TPSA) is 52.6 Å². The zero-order valence-corrected chi connectivity index (χ0v) is 18.8. The third-order valence-corrected chi connectivity index (χ3v) is 8.35. The fourth-order valence-corrected chi connectivity index (χ4v) is 6.79. The van der Waals surface area contributed by atoms with Crippen LogP contribution in [0.15, 0.2) is 30.0 Å². The second-order valence-corrected chi connectivity index (χ2v) is 11.8. The van der Waals surface area contributed by atoms with E-state index in [0.717, 1.165) is 24.0 Å². The first-order valence-electron chi connectivity index (χ1n) is 9.62. The number of rotatable bonds is 9. The zero-order chi connectivity index (χ0) is 20.1. The highest BCUT2D eigenvalue weighted by molar-refractivity contribution is 8.55. The smallest absolute Gasteiger partial charge is 0.421 e. The molecule has 0 saturated heterocycles. The first-order chi connectivity index (χ1) is 12.7. The van der Waals surface area contributed by atoms with E-state index in [9.17, 15) is 9.36 Å². The van der Waals surface area contributed by atoms with Gasteiger partial charge in [0.25, 0.3) is 0 Å². The molecule has 0 N–H and O–H groups in total. The molecule has 0 aliphatic heterocycles. The summed E-state index contributed by atoms with van der Waals surface area (Å²) in [5.41, 5.74) is 2.19. The third kappa shape index (κ3) is 5.97. The number of benzene rings is 1. The number of unbranched alkanes of at least 4 members (excludes halogenated alkanes) is 1.